The van der Waals surface area contributed by atoms with E-state index in [1.807, 2.05) is 7.05 Å². The molecule has 1 aromatic heterocycles. The van der Waals surface area contributed by atoms with Gasteiger partial charge in [0.2, 0.25) is 0 Å². The summed E-state index contributed by atoms with van der Waals surface area (Å²) >= 11 is 0. The van der Waals surface area contributed by atoms with Crippen LogP contribution in [-0.4, -0.2) is 12.0 Å². The maximum Gasteiger partial charge on any atom is 0.0354 e. The van der Waals surface area contributed by atoms with E-state index in [4.69, 9.17) is 0 Å². The highest BCUT2D eigenvalue weighted by atomic mass is 35.5. The zero-order valence-electron chi connectivity index (χ0n) is 6.27. The van der Waals surface area contributed by atoms with Gasteiger partial charge in [-0.05, 0) is 26.1 Å². The first-order valence-electron chi connectivity index (χ1n) is 3.12. The van der Waals surface area contributed by atoms with Crippen molar-refractivity contribution >= 4 is 12.4 Å². The average Bonchev–Trinajstić information content (AvgIpc) is 2.17. The highest BCUT2D eigenvalue weighted by Crippen LogP contribution is 1.98. The maximum absolute atomic E-state index is 3.21. The van der Waals surface area contributed by atoms with Gasteiger partial charge in [-0.3, -0.25) is 0 Å². The number of H-pyrrole nitrogens is 1. The number of halogens is 1. The van der Waals surface area contributed by atoms with E-state index in [9.17, 15) is 0 Å². The number of rotatable bonds is 2. The molecule has 0 aromatic carbocycles. The fourth-order valence-corrected chi connectivity index (χ4v) is 0.856. The van der Waals surface area contributed by atoms with Crippen molar-refractivity contribution in [3.8, 4) is 0 Å². The molecule has 2 N–H and O–H groups in total. The molecule has 1 aromatic rings. The standard InChI is InChI=1S/C7H12N2.ClH/c1-6-3-4-7(9-6)5-8-2;/h3-4,8-9H,5H2,1-2H3;1H. The molecule has 0 aliphatic rings. The molecule has 2 nitrogen and oxygen atoms in total. The predicted octanol–water partition coefficient (Wildman–Crippen LogP) is 1.46. The van der Waals surface area contributed by atoms with Crippen LogP contribution in [0.1, 0.15) is 11.4 Å². The summed E-state index contributed by atoms with van der Waals surface area (Å²) in [6.07, 6.45) is 0. The van der Waals surface area contributed by atoms with Gasteiger partial charge in [0.1, 0.15) is 0 Å². The van der Waals surface area contributed by atoms with Gasteiger partial charge in [-0.15, -0.1) is 12.4 Å². The van der Waals surface area contributed by atoms with Crippen LogP contribution < -0.4 is 5.32 Å². The molecule has 0 spiro atoms. The molecule has 10 heavy (non-hydrogen) atoms. The van der Waals surface area contributed by atoms with E-state index in [1.165, 1.54) is 11.4 Å². The maximum atomic E-state index is 3.21. The third-order valence-electron chi connectivity index (χ3n) is 1.26. The Bertz CT molecular complexity index is 183. The molecular weight excluding hydrogens is 148 g/mol. The molecule has 0 saturated carbocycles. The second-order valence-corrected chi connectivity index (χ2v) is 2.20. The van der Waals surface area contributed by atoms with Gasteiger partial charge in [-0.1, -0.05) is 0 Å². The molecule has 0 aliphatic heterocycles. The molecular formula is C7H13ClN2. The summed E-state index contributed by atoms with van der Waals surface area (Å²) in [7, 11) is 1.94. The Kier molecular flexibility index (Phi) is 4.16. The van der Waals surface area contributed by atoms with Crippen molar-refractivity contribution in [2.75, 3.05) is 7.05 Å². The minimum atomic E-state index is 0. The normalized spacial score (nSPS) is 9.00. The Labute approximate surface area is 67.4 Å². The van der Waals surface area contributed by atoms with Crippen molar-refractivity contribution in [1.29, 1.82) is 0 Å². The van der Waals surface area contributed by atoms with Crippen LogP contribution in [-0.2, 0) is 6.54 Å². The molecule has 0 saturated heterocycles. The number of nitrogens with one attached hydrogen (secondary N) is 2. The van der Waals surface area contributed by atoms with E-state index in [-0.39, 0.29) is 12.4 Å². The van der Waals surface area contributed by atoms with Crippen LogP contribution >= 0.6 is 12.4 Å². The lowest BCUT2D eigenvalue weighted by molar-refractivity contribution is 0.795. The summed E-state index contributed by atoms with van der Waals surface area (Å²) in [5.41, 5.74) is 2.47. The van der Waals surface area contributed by atoms with Crippen LogP contribution in [0.3, 0.4) is 0 Å². The molecule has 0 amide bonds. The lowest BCUT2D eigenvalue weighted by Gasteiger charge is -1.92. The minimum absolute atomic E-state index is 0. The molecule has 0 atom stereocenters. The van der Waals surface area contributed by atoms with Crippen molar-refractivity contribution in [2.45, 2.75) is 13.5 Å². The summed E-state index contributed by atoms with van der Waals surface area (Å²) in [5, 5.41) is 3.07. The van der Waals surface area contributed by atoms with Crippen LogP contribution in [0.4, 0.5) is 0 Å². The molecule has 58 valence electrons. The fourth-order valence-electron chi connectivity index (χ4n) is 0.856. The van der Waals surface area contributed by atoms with Crippen LogP contribution in [0.5, 0.6) is 0 Å². The highest BCUT2D eigenvalue weighted by Gasteiger charge is 1.90. The molecule has 0 aliphatic carbocycles. The number of hydrogen-bond acceptors (Lipinski definition) is 1. The van der Waals surface area contributed by atoms with Gasteiger partial charge < -0.3 is 10.3 Å². The summed E-state index contributed by atoms with van der Waals surface area (Å²) in [4.78, 5) is 3.21. The Hall–Kier alpha value is -0.470. The van der Waals surface area contributed by atoms with Crippen LogP contribution in [0.2, 0.25) is 0 Å². The third-order valence-corrected chi connectivity index (χ3v) is 1.26. The molecule has 1 heterocycles. The number of hydrogen-bond donors (Lipinski definition) is 2. The van der Waals surface area contributed by atoms with Crippen molar-refractivity contribution in [3.05, 3.63) is 23.5 Å². The van der Waals surface area contributed by atoms with E-state index >= 15 is 0 Å². The summed E-state index contributed by atoms with van der Waals surface area (Å²) in [5.74, 6) is 0. The Morgan fingerprint density at radius 3 is 2.60 bits per heavy atom. The van der Waals surface area contributed by atoms with Crippen molar-refractivity contribution < 1.29 is 0 Å². The Morgan fingerprint density at radius 2 is 2.20 bits per heavy atom. The average molecular weight is 161 g/mol. The molecule has 0 radical (unpaired) electrons. The van der Waals surface area contributed by atoms with Crippen molar-refractivity contribution in [3.63, 3.8) is 0 Å². The first-order valence-corrected chi connectivity index (χ1v) is 3.12. The third kappa shape index (κ3) is 2.42. The van der Waals surface area contributed by atoms with Crippen LogP contribution in [0.15, 0.2) is 12.1 Å². The number of aromatic amines is 1. The Balaban J connectivity index is 0.000000810. The first-order chi connectivity index (χ1) is 4.33. The zero-order valence-corrected chi connectivity index (χ0v) is 7.09. The van der Waals surface area contributed by atoms with Crippen LogP contribution in [0, 0.1) is 6.92 Å². The zero-order chi connectivity index (χ0) is 6.69. The van der Waals surface area contributed by atoms with Gasteiger partial charge in [0.05, 0.1) is 0 Å². The van der Waals surface area contributed by atoms with Crippen LogP contribution in [0.25, 0.3) is 0 Å². The van der Waals surface area contributed by atoms with Gasteiger partial charge in [0.15, 0.2) is 0 Å². The van der Waals surface area contributed by atoms with Gasteiger partial charge in [0, 0.05) is 17.9 Å². The predicted molar refractivity (Wildman–Crippen MR) is 45.5 cm³/mol. The second-order valence-electron chi connectivity index (χ2n) is 2.20. The Morgan fingerprint density at radius 1 is 1.50 bits per heavy atom. The minimum Gasteiger partial charge on any atom is -0.361 e. The molecule has 3 heteroatoms. The van der Waals surface area contributed by atoms with E-state index in [0.717, 1.165) is 6.54 Å². The van der Waals surface area contributed by atoms with Crippen molar-refractivity contribution in [2.24, 2.45) is 0 Å². The fraction of sp³-hybridized carbons (Fsp3) is 0.429. The van der Waals surface area contributed by atoms with E-state index in [2.05, 4.69) is 29.4 Å². The topological polar surface area (TPSA) is 27.8 Å². The number of aromatic nitrogens is 1. The largest absolute Gasteiger partial charge is 0.361 e. The monoisotopic (exact) mass is 160 g/mol. The van der Waals surface area contributed by atoms with Gasteiger partial charge in [0.25, 0.3) is 0 Å². The molecule has 0 fully saturated rings. The lowest BCUT2D eigenvalue weighted by atomic mass is 10.4. The SMILES string of the molecule is CNCc1ccc(C)[nH]1.Cl. The molecule has 1 rings (SSSR count). The first kappa shape index (κ1) is 9.53. The molecule has 0 bridgehead atoms. The summed E-state index contributed by atoms with van der Waals surface area (Å²) in [6, 6.07) is 4.17. The van der Waals surface area contributed by atoms with Gasteiger partial charge in [-0.25, -0.2) is 0 Å². The highest BCUT2D eigenvalue weighted by molar-refractivity contribution is 5.85. The second kappa shape index (κ2) is 4.36. The number of aryl methyl sites for hydroxylation is 1. The lowest BCUT2D eigenvalue weighted by Crippen LogP contribution is -2.04. The summed E-state index contributed by atoms with van der Waals surface area (Å²) in [6.45, 7) is 2.98. The van der Waals surface area contributed by atoms with Gasteiger partial charge >= 0.3 is 0 Å². The summed E-state index contributed by atoms with van der Waals surface area (Å²) < 4.78 is 0. The quantitative estimate of drug-likeness (QED) is 0.674. The smallest absolute Gasteiger partial charge is 0.0354 e. The van der Waals surface area contributed by atoms with E-state index in [1.54, 1.807) is 0 Å². The van der Waals surface area contributed by atoms with Crippen molar-refractivity contribution in [1.82, 2.24) is 10.3 Å². The van der Waals surface area contributed by atoms with E-state index < -0.39 is 0 Å². The van der Waals surface area contributed by atoms with Gasteiger partial charge in [-0.2, -0.15) is 0 Å². The molecule has 0 unspecified atom stereocenters. The van der Waals surface area contributed by atoms with E-state index in [0.29, 0.717) is 0 Å².